The van der Waals surface area contributed by atoms with Crippen LogP contribution in [-0.2, 0) is 0 Å². The smallest absolute Gasteiger partial charge is 0.164 e. The van der Waals surface area contributed by atoms with Gasteiger partial charge < -0.3 is 0 Å². The molecule has 4 aromatic heterocycles. The van der Waals surface area contributed by atoms with E-state index in [0.29, 0.717) is 17.5 Å². The van der Waals surface area contributed by atoms with E-state index in [4.69, 9.17) is 19.9 Å². The van der Waals surface area contributed by atoms with Crippen LogP contribution in [-0.4, -0.2) is 19.9 Å². The molecule has 0 aliphatic rings. The molecule has 11 rings (SSSR count). The van der Waals surface area contributed by atoms with E-state index in [1.807, 2.05) is 83.3 Å². The number of fused-ring (bicyclic) bond motifs is 6. The van der Waals surface area contributed by atoms with E-state index < -0.39 is 0 Å². The minimum absolute atomic E-state index is 0.632. The number of rotatable bonds is 6. The second kappa shape index (κ2) is 13.5. The van der Waals surface area contributed by atoms with Gasteiger partial charge in [-0.2, -0.15) is 0 Å². The summed E-state index contributed by atoms with van der Waals surface area (Å²) in [6.07, 6.45) is 0. The Labute approximate surface area is 331 Å². The second-order valence-electron chi connectivity index (χ2n) is 13.8. The largest absolute Gasteiger partial charge is 0.247 e. The topological polar surface area (TPSA) is 51.6 Å². The third kappa shape index (κ3) is 5.50. The Morgan fingerprint density at radius 3 is 1.52 bits per heavy atom. The Balaban J connectivity index is 1.16. The van der Waals surface area contributed by atoms with Crippen molar-refractivity contribution in [3.05, 3.63) is 182 Å². The molecule has 0 amide bonds. The van der Waals surface area contributed by atoms with Gasteiger partial charge in [0, 0.05) is 73.9 Å². The maximum atomic E-state index is 5.39. The van der Waals surface area contributed by atoms with Crippen LogP contribution in [0.2, 0.25) is 0 Å². The van der Waals surface area contributed by atoms with Gasteiger partial charge in [-0.15, -0.1) is 22.7 Å². The average molecular weight is 751 g/mol. The van der Waals surface area contributed by atoms with Gasteiger partial charge in [0.1, 0.15) is 0 Å². The van der Waals surface area contributed by atoms with E-state index in [9.17, 15) is 0 Å². The highest BCUT2D eigenvalue weighted by Gasteiger charge is 2.24. The second-order valence-corrected chi connectivity index (χ2v) is 15.8. The van der Waals surface area contributed by atoms with Crippen molar-refractivity contribution in [2.75, 3.05) is 0 Å². The van der Waals surface area contributed by atoms with Crippen LogP contribution in [0.1, 0.15) is 0 Å². The zero-order chi connectivity index (χ0) is 37.0. The number of benzene rings is 7. The number of para-hydroxylation sites is 1. The fourth-order valence-corrected chi connectivity index (χ4v) is 10.4. The van der Waals surface area contributed by atoms with Crippen molar-refractivity contribution in [1.29, 1.82) is 0 Å². The molecule has 0 aliphatic carbocycles. The Bertz CT molecular complexity index is 3170. The van der Waals surface area contributed by atoms with Crippen molar-refractivity contribution in [2.24, 2.45) is 0 Å². The highest BCUT2D eigenvalue weighted by atomic mass is 32.1. The molecule has 0 atom stereocenters. The first-order chi connectivity index (χ1) is 27.8. The molecular formula is C50H30N4S2. The molecule has 0 radical (unpaired) electrons. The molecule has 0 spiro atoms. The van der Waals surface area contributed by atoms with E-state index in [1.165, 1.54) is 46.3 Å². The lowest BCUT2D eigenvalue weighted by molar-refractivity contribution is 1.07. The molecule has 0 aliphatic heterocycles. The van der Waals surface area contributed by atoms with Crippen LogP contribution >= 0.6 is 22.7 Å². The number of aromatic nitrogens is 4. The van der Waals surface area contributed by atoms with Crippen molar-refractivity contribution in [2.45, 2.75) is 0 Å². The van der Waals surface area contributed by atoms with Crippen molar-refractivity contribution < 1.29 is 0 Å². The first kappa shape index (κ1) is 32.6. The molecule has 4 nitrogen and oxygen atoms in total. The summed E-state index contributed by atoms with van der Waals surface area (Å²) < 4.78 is 3.82. The summed E-state index contributed by atoms with van der Waals surface area (Å²) >= 11 is 3.74. The van der Waals surface area contributed by atoms with Crippen LogP contribution in [0.25, 0.3) is 108 Å². The van der Waals surface area contributed by atoms with Crippen LogP contribution in [0.5, 0.6) is 0 Å². The molecule has 7 aromatic carbocycles. The molecule has 0 unspecified atom stereocenters. The van der Waals surface area contributed by atoms with Crippen molar-refractivity contribution in [3.8, 4) is 67.0 Å². The molecule has 6 heteroatoms. The summed E-state index contributed by atoms with van der Waals surface area (Å²) in [5, 5.41) is 4.90. The third-order valence-corrected chi connectivity index (χ3v) is 12.8. The quantitative estimate of drug-likeness (QED) is 0.170. The van der Waals surface area contributed by atoms with E-state index in [1.54, 1.807) is 0 Å². The predicted molar refractivity (Wildman–Crippen MR) is 236 cm³/mol. The normalized spacial score (nSPS) is 11.6. The van der Waals surface area contributed by atoms with Gasteiger partial charge in [-0.05, 0) is 17.7 Å². The van der Waals surface area contributed by atoms with Crippen LogP contribution in [0, 0.1) is 0 Å². The molecular weight excluding hydrogens is 721 g/mol. The molecule has 0 saturated heterocycles. The standard InChI is InChI=1S/C50H30N4S2/c1-4-15-32(16-5-1)44-43-42(31-27-29-35(30-28-31)50-53-48(33-17-6-2-7-18-33)52-49(54-50)34-19-8-3-9-20-34)47(56-46(43)38-22-10-12-25-40(38)51-44)39-24-14-23-37-36-21-11-13-26-41(36)55-45(37)39/h1-30H. The van der Waals surface area contributed by atoms with Gasteiger partial charge in [0.15, 0.2) is 17.5 Å². The summed E-state index contributed by atoms with van der Waals surface area (Å²) in [5.41, 5.74) is 9.43. The minimum Gasteiger partial charge on any atom is -0.247 e. The van der Waals surface area contributed by atoms with Gasteiger partial charge in [-0.3, -0.25) is 0 Å². The zero-order valence-corrected chi connectivity index (χ0v) is 31.6. The van der Waals surface area contributed by atoms with Gasteiger partial charge in [0.05, 0.1) is 11.2 Å². The molecule has 11 aromatic rings. The third-order valence-electron chi connectivity index (χ3n) is 10.4. The summed E-state index contributed by atoms with van der Waals surface area (Å²) in [6.45, 7) is 0. The number of pyridine rings is 1. The van der Waals surface area contributed by atoms with Crippen LogP contribution in [0.15, 0.2) is 182 Å². The van der Waals surface area contributed by atoms with Gasteiger partial charge in [0.2, 0.25) is 0 Å². The SMILES string of the molecule is c1ccc(-c2nc(-c3ccccc3)nc(-c3ccc(-c4c(-c5cccc6c5sc5ccccc56)sc5c4c(-c4ccccc4)nc4ccccc45)cc3)n2)cc1. The number of thiophene rings is 2. The molecule has 0 bridgehead atoms. The molecule has 262 valence electrons. The maximum absolute atomic E-state index is 5.39. The number of hydrogen-bond donors (Lipinski definition) is 0. The van der Waals surface area contributed by atoms with Crippen LogP contribution in [0.4, 0.5) is 0 Å². The summed E-state index contributed by atoms with van der Waals surface area (Å²) in [6, 6.07) is 63.6. The van der Waals surface area contributed by atoms with Gasteiger partial charge in [-0.1, -0.05) is 170 Å². The van der Waals surface area contributed by atoms with Gasteiger partial charge >= 0.3 is 0 Å². The summed E-state index contributed by atoms with van der Waals surface area (Å²) in [5.74, 6) is 1.92. The molecule has 4 heterocycles. The maximum Gasteiger partial charge on any atom is 0.164 e. The Morgan fingerprint density at radius 1 is 0.339 bits per heavy atom. The summed E-state index contributed by atoms with van der Waals surface area (Å²) in [7, 11) is 0. The van der Waals surface area contributed by atoms with E-state index >= 15 is 0 Å². The number of nitrogens with zero attached hydrogens (tertiary/aromatic N) is 4. The molecule has 0 saturated carbocycles. The highest BCUT2D eigenvalue weighted by Crippen LogP contribution is 2.52. The van der Waals surface area contributed by atoms with Crippen molar-refractivity contribution in [1.82, 2.24) is 19.9 Å². The lowest BCUT2D eigenvalue weighted by Crippen LogP contribution is -2.00. The lowest BCUT2D eigenvalue weighted by Gasteiger charge is -2.12. The average Bonchev–Trinajstić information content (AvgIpc) is 3.87. The Morgan fingerprint density at radius 2 is 0.857 bits per heavy atom. The van der Waals surface area contributed by atoms with Gasteiger partial charge in [0.25, 0.3) is 0 Å². The van der Waals surface area contributed by atoms with Crippen molar-refractivity contribution >= 4 is 63.8 Å². The van der Waals surface area contributed by atoms with Crippen LogP contribution < -0.4 is 0 Å². The molecule has 56 heavy (non-hydrogen) atoms. The monoisotopic (exact) mass is 750 g/mol. The first-order valence-corrected chi connectivity index (χ1v) is 20.2. The first-order valence-electron chi connectivity index (χ1n) is 18.6. The van der Waals surface area contributed by atoms with E-state index in [2.05, 4.69) is 121 Å². The van der Waals surface area contributed by atoms with Crippen LogP contribution in [0.3, 0.4) is 0 Å². The fraction of sp³-hybridized carbons (Fsp3) is 0. The predicted octanol–water partition coefficient (Wildman–Crippen LogP) is 14.0. The lowest BCUT2D eigenvalue weighted by atomic mass is 9.94. The summed E-state index contributed by atoms with van der Waals surface area (Å²) in [4.78, 5) is 21.6. The van der Waals surface area contributed by atoms with E-state index in [-0.39, 0.29) is 0 Å². The minimum atomic E-state index is 0.632. The molecule has 0 N–H and O–H groups in total. The Hall–Kier alpha value is -6.86. The number of hydrogen-bond acceptors (Lipinski definition) is 6. The molecule has 0 fully saturated rings. The highest BCUT2D eigenvalue weighted by molar-refractivity contribution is 7.28. The Kier molecular flexibility index (Phi) is 7.83. The fourth-order valence-electron chi connectivity index (χ4n) is 7.71. The van der Waals surface area contributed by atoms with Crippen molar-refractivity contribution in [3.63, 3.8) is 0 Å². The zero-order valence-electron chi connectivity index (χ0n) is 29.9. The van der Waals surface area contributed by atoms with E-state index in [0.717, 1.165) is 44.4 Å². The van der Waals surface area contributed by atoms with Gasteiger partial charge in [-0.25, -0.2) is 19.9 Å².